The van der Waals surface area contributed by atoms with E-state index in [1.54, 1.807) is 0 Å². The topological polar surface area (TPSA) is 75.2 Å². The lowest BCUT2D eigenvalue weighted by Gasteiger charge is -2.35. The maximum atomic E-state index is 12.6. The van der Waals surface area contributed by atoms with Crippen molar-refractivity contribution in [3.63, 3.8) is 0 Å². The molecule has 132 valence electrons. The first-order chi connectivity index (χ1) is 11.7. The molecular formula is C17H26N4O2S. The summed E-state index contributed by atoms with van der Waals surface area (Å²) in [5.74, 6) is 0.499. The summed E-state index contributed by atoms with van der Waals surface area (Å²) in [7, 11) is 0. The highest BCUT2D eigenvalue weighted by molar-refractivity contribution is 7.08. The normalized spacial score (nSPS) is 20.1. The van der Waals surface area contributed by atoms with Crippen molar-refractivity contribution in [3.05, 3.63) is 10.6 Å². The fourth-order valence-corrected chi connectivity index (χ4v) is 4.37. The second-order valence-corrected chi connectivity index (χ2v) is 7.56. The van der Waals surface area contributed by atoms with Crippen LogP contribution in [0.25, 0.3) is 0 Å². The van der Waals surface area contributed by atoms with Crippen LogP contribution in [-0.2, 0) is 11.2 Å². The van der Waals surface area contributed by atoms with Crippen LogP contribution in [0.1, 0.15) is 67.2 Å². The SMILES string of the molecule is CCc1nnsc1C(=O)NC1CCN(C(=O)C2CCCCC2)CC1. The molecule has 7 heteroatoms. The number of piperidine rings is 1. The van der Waals surface area contributed by atoms with Gasteiger partial charge in [0.1, 0.15) is 4.88 Å². The van der Waals surface area contributed by atoms with Gasteiger partial charge in [-0.1, -0.05) is 30.7 Å². The van der Waals surface area contributed by atoms with Crippen molar-refractivity contribution in [2.45, 2.75) is 64.3 Å². The Kier molecular flexibility index (Phi) is 5.81. The molecule has 1 aliphatic carbocycles. The molecule has 1 saturated carbocycles. The van der Waals surface area contributed by atoms with Crippen molar-refractivity contribution in [1.82, 2.24) is 19.8 Å². The molecule has 0 atom stereocenters. The van der Waals surface area contributed by atoms with Crippen LogP contribution in [0.5, 0.6) is 0 Å². The molecule has 24 heavy (non-hydrogen) atoms. The smallest absolute Gasteiger partial charge is 0.265 e. The molecule has 0 radical (unpaired) electrons. The number of amides is 2. The standard InChI is InChI=1S/C17H26N4O2S/c1-2-14-15(24-20-19-14)16(22)18-13-8-10-21(11-9-13)17(23)12-6-4-3-5-7-12/h12-13H,2-11H2,1H3,(H,18,22). The monoisotopic (exact) mass is 350 g/mol. The average Bonchev–Trinajstić information content (AvgIpc) is 3.11. The fraction of sp³-hybridized carbons (Fsp3) is 0.765. The number of hydrogen-bond donors (Lipinski definition) is 1. The van der Waals surface area contributed by atoms with Gasteiger partial charge in [0.25, 0.3) is 5.91 Å². The zero-order valence-electron chi connectivity index (χ0n) is 14.3. The Balaban J connectivity index is 1.48. The lowest BCUT2D eigenvalue weighted by atomic mass is 9.87. The van der Waals surface area contributed by atoms with Crippen LogP contribution in [-0.4, -0.2) is 45.4 Å². The summed E-state index contributed by atoms with van der Waals surface area (Å²) in [6, 6.07) is 0.139. The average molecular weight is 350 g/mol. The van der Waals surface area contributed by atoms with Gasteiger partial charge < -0.3 is 10.2 Å². The number of nitrogens with one attached hydrogen (secondary N) is 1. The summed E-state index contributed by atoms with van der Waals surface area (Å²) < 4.78 is 3.87. The van der Waals surface area contributed by atoms with Gasteiger partial charge in [-0.3, -0.25) is 9.59 Å². The molecule has 2 fully saturated rings. The molecule has 1 aromatic rings. The van der Waals surface area contributed by atoms with Crippen LogP contribution in [0.3, 0.4) is 0 Å². The third-order valence-corrected chi connectivity index (χ3v) is 5.96. The zero-order valence-corrected chi connectivity index (χ0v) is 15.1. The van der Waals surface area contributed by atoms with E-state index in [1.165, 1.54) is 19.3 Å². The highest BCUT2D eigenvalue weighted by Gasteiger charge is 2.30. The number of rotatable bonds is 4. The minimum Gasteiger partial charge on any atom is -0.348 e. The van der Waals surface area contributed by atoms with Crippen LogP contribution < -0.4 is 5.32 Å². The predicted octanol–water partition coefficient (Wildman–Crippen LogP) is 2.40. The van der Waals surface area contributed by atoms with E-state index in [2.05, 4.69) is 14.9 Å². The van der Waals surface area contributed by atoms with Crippen molar-refractivity contribution in [1.29, 1.82) is 0 Å². The molecule has 1 N–H and O–H groups in total. The first-order valence-corrected chi connectivity index (χ1v) is 9.87. The van der Waals surface area contributed by atoms with Crippen LogP contribution in [0, 0.1) is 5.92 Å². The molecule has 1 aliphatic heterocycles. The number of aryl methyl sites for hydroxylation is 1. The maximum absolute atomic E-state index is 12.6. The Hall–Kier alpha value is -1.50. The lowest BCUT2D eigenvalue weighted by Crippen LogP contribution is -2.48. The van der Waals surface area contributed by atoms with Crippen LogP contribution in [0.2, 0.25) is 0 Å². The third kappa shape index (κ3) is 3.94. The number of likely N-dealkylation sites (tertiary alicyclic amines) is 1. The highest BCUT2D eigenvalue weighted by atomic mass is 32.1. The summed E-state index contributed by atoms with van der Waals surface area (Å²) in [6.45, 7) is 3.48. The number of carbonyl (C=O) groups excluding carboxylic acids is 2. The van der Waals surface area contributed by atoms with Gasteiger partial charge in [0.2, 0.25) is 5.91 Å². The number of aromatic nitrogens is 2. The van der Waals surface area contributed by atoms with Gasteiger partial charge in [0, 0.05) is 25.0 Å². The van der Waals surface area contributed by atoms with Gasteiger partial charge in [0.15, 0.2) is 0 Å². The molecule has 3 rings (SSSR count). The minimum absolute atomic E-state index is 0.0705. The van der Waals surface area contributed by atoms with E-state index >= 15 is 0 Å². The van der Waals surface area contributed by atoms with E-state index in [9.17, 15) is 9.59 Å². The maximum Gasteiger partial charge on any atom is 0.265 e. The summed E-state index contributed by atoms with van der Waals surface area (Å²) in [5, 5.41) is 7.08. The molecule has 0 spiro atoms. The fourth-order valence-electron chi connectivity index (χ4n) is 3.72. The van der Waals surface area contributed by atoms with Gasteiger partial charge in [-0.15, -0.1) is 5.10 Å². The van der Waals surface area contributed by atoms with Crippen LogP contribution in [0.4, 0.5) is 0 Å². The molecular weight excluding hydrogens is 324 g/mol. The van der Waals surface area contributed by atoms with E-state index in [-0.39, 0.29) is 17.9 Å². The quantitative estimate of drug-likeness (QED) is 0.905. The van der Waals surface area contributed by atoms with Gasteiger partial charge in [0.05, 0.1) is 5.69 Å². The van der Waals surface area contributed by atoms with E-state index in [4.69, 9.17) is 0 Å². The summed E-state index contributed by atoms with van der Waals surface area (Å²) in [4.78, 5) is 27.6. The second-order valence-electron chi connectivity index (χ2n) is 6.81. The Morgan fingerprint density at radius 3 is 2.54 bits per heavy atom. The van der Waals surface area contributed by atoms with Gasteiger partial charge in [-0.2, -0.15) is 0 Å². The van der Waals surface area contributed by atoms with Gasteiger partial charge >= 0.3 is 0 Å². The summed E-state index contributed by atoms with van der Waals surface area (Å²) >= 11 is 1.16. The third-order valence-electron chi connectivity index (χ3n) is 5.19. The Morgan fingerprint density at radius 2 is 1.88 bits per heavy atom. The minimum atomic E-state index is -0.0705. The molecule has 1 aromatic heterocycles. The van der Waals surface area contributed by atoms with Crippen LogP contribution >= 0.6 is 11.5 Å². The Labute approximate surface area is 147 Å². The summed E-state index contributed by atoms with van der Waals surface area (Å²) in [5.41, 5.74) is 0.766. The zero-order chi connectivity index (χ0) is 16.9. The van der Waals surface area contributed by atoms with Crippen molar-refractivity contribution in [3.8, 4) is 0 Å². The molecule has 2 amide bonds. The van der Waals surface area contributed by atoms with Crippen LogP contribution in [0.15, 0.2) is 0 Å². The molecule has 1 saturated heterocycles. The molecule has 0 bridgehead atoms. The number of nitrogens with zero attached hydrogens (tertiary/aromatic N) is 3. The van der Waals surface area contributed by atoms with E-state index in [0.717, 1.165) is 56.0 Å². The highest BCUT2D eigenvalue weighted by Crippen LogP contribution is 2.26. The Bertz CT molecular complexity index is 575. The van der Waals surface area contributed by atoms with Gasteiger partial charge in [-0.25, -0.2) is 0 Å². The molecule has 2 aliphatic rings. The van der Waals surface area contributed by atoms with E-state index in [0.29, 0.717) is 17.2 Å². The van der Waals surface area contributed by atoms with Crippen molar-refractivity contribution < 1.29 is 9.59 Å². The largest absolute Gasteiger partial charge is 0.348 e. The van der Waals surface area contributed by atoms with Crippen molar-refractivity contribution >= 4 is 23.3 Å². The first kappa shape index (κ1) is 17.3. The predicted molar refractivity (Wildman–Crippen MR) is 92.9 cm³/mol. The lowest BCUT2D eigenvalue weighted by molar-refractivity contribution is -0.137. The van der Waals surface area contributed by atoms with Gasteiger partial charge in [-0.05, 0) is 43.6 Å². The second kappa shape index (κ2) is 8.05. The van der Waals surface area contributed by atoms with E-state index < -0.39 is 0 Å². The number of carbonyl (C=O) groups is 2. The first-order valence-electron chi connectivity index (χ1n) is 9.10. The molecule has 6 nitrogen and oxygen atoms in total. The number of hydrogen-bond acceptors (Lipinski definition) is 5. The van der Waals surface area contributed by atoms with Crippen molar-refractivity contribution in [2.75, 3.05) is 13.1 Å². The van der Waals surface area contributed by atoms with E-state index in [1.807, 2.05) is 11.8 Å². The molecule has 0 aromatic carbocycles. The molecule has 2 heterocycles. The Morgan fingerprint density at radius 1 is 1.17 bits per heavy atom. The van der Waals surface area contributed by atoms with Crippen molar-refractivity contribution in [2.24, 2.45) is 5.92 Å². The summed E-state index contributed by atoms with van der Waals surface area (Å²) in [6.07, 6.45) is 8.12. The molecule has 0 unspecified atom stereocenters.